The van der Waals surface area contributed by atoms with E-state index < -0.39 is 5.82 Å². The summed E-state index contributed by atoms with van der Waals surface area (Å²) in [4.78, 5) is 21.7. The number of hydrogen-bond donors (Lipinski definition) is 2. The van der Waals surface area contributed by atoms with E-state index in [0.29, 0.717) is 22.6 Å². The average Bonchev–Trinajstić information content (AvgIpc) is 3.19. The summed E-state index contributed by atoms with van der Waals surface area (Å²) in [5.41, 5.74) is 7.41. The van der Waals surface area contributed by atoms with E-state index in [2.05, 4.69) is 24.9 Å². The van der Waals surface area contributed by atoms with Crippen LogP contribution in [-0.4, -0.2) is 38.0 Å². The number of nitrogens with one attached hydrogen (secondary N) is 1. The third kappa shape index (κ3) is 2.35. The molecule has 0 aromatic carbocycles. The number of aromatic amines is 1. The Balaban J connectivity index is 1.89. The number of fused-ring (bicyclic) bond motifs is 1. The highest BCUT2D eigenvalue weighted by molar-refractivity contribution is 6.29. The van der Waals surface area contributed by atoms with Crippen LogP contribution in [0, 0.1) is 5.82 Å². The van der Waals surface area contributed by atoms with E-state index in [-0.39, 0.29) is 16.8 Å². The van der Waals surface area contributed by atoms with Gasteiger partial charge >= 0.3 is 0 Å². The van der Waals surface area contributed by atoms with Crippen LogP contribution in [-0.2, 0) is 0 Å². The molecule has 1 aliphatic heterocycles. The number of anilines is 2. The zero-order valence-electron chi connectivity index (χ0n) is 12.1. The minimum absolute atomic E-state index is 0.179. The molecule has 3 aromatic rings. The maximum atomic E-state index is 14.3. The van der Waals surface area contributed by atoms with E-state index >= 15 is 0 Å². The van der Waals surface area contributed by atoms with Crippen molar-refractivity contribution >= 4 is 34.4 Å². The molecule has 0 spiro atoms. The Morgan fingerprint density at radius 2 is 2.00 bits per heavy atom. The summed E-state index contributed by atoms with van der Waals surface area (Å²) in [6.45, 7) is 1.51. The smallest absolute Gasteiger partial charge is 0.207 e. The lowest BCUT2D eigenvalue weighted by atomic mass is 10.2. The van der Waals surface area contributed by atoms with Crippen molar-refractivity contribution in [3.05, 3.63) is 23.4 Å². The van der Waals surface area contributed by atoms with E-state index in [1.807, 2.05) is 4.90 Å². The zero-order chi connectivity index (χ0) is 16.0. The Morgan fingerprint density at radius 1 is 1.22 bits per heavy atom. The fourth-order valence-corrected chi connectivity index (χ4v) is 2.88. The second-order valence-electron chi connectivity index (χ2n) is 5.36. The molecule has 3 aromatic heterocycles. The Bertz CT molecular complexity index is 888. The molecule has 0 amide bonds. The van der Waals surface area contributed by atoms with Crippen LogP contribution in [0.15, 0.2) is 12.4 Å². The number of aromatic nitrogens is 5. The number of rotatable bonds is 2. The minimum Gasteiger partial charge on any atom is -0.381 e. The van der Waals surface area contributed by atoms with Gasteiger partial charge in [0.1, 0.15) is 10.7 Å². The molecule has 0 aliphatic carbocycles. The van der Waals surface area contributed by atoms with Gasteiger partial charge in [-0.05, 0) is 12.8 Å². The van der Waals surface area contributed by atoms with Crippen molar-refractivity contribution in [2.45, 2.75) is 12.8 Å². The lowest BCUT2D eigenvalue weighted by Gasteiger charge is -2.18. The quantitative estimate of drug-likeness (QED) is 0.747. The summed E-state index contributed by atoms with van der Waals surface area (Å²) >= 11 is 5.91. The third-order valence-corrected chi connectivity index (χ3v) is 4.04. The summed E-state index contributed by atoms with van der Waals surface area (Å²) in [6, 6.07) is 0. The first-order valence-electron chi connectivity index (χ1n) is 7.21. The molecule has 0 radical (unpaired) electrons. The predicted octanol–water partition coefficient (Wildman–Crippen LogP) is 2.39. The van der Waals surface area contributed by atoms with E-state index in [1.54, 1.807) is 6.20 Å². The summed E-state index contributed by atoms with van der Waals surface area (Å²) < 4.78 is 14.3. The van der Waals surface area contributed by atoms with Crippen molar-refractivity contribution in [1.82, 2.24) is 24.9 Å². The van der Waals surface area contributed by atoms with Crippen molar-refractivity contribution in [1.29, 1.82) is 0 Å². The fourth-order valence-electron chi connectivity index (χ4n) is 2.75. The topological polar surface area (TPSA) is 96.6 Å². The number of nitrogens with zero attached hydrogens (tertiary/aromatic N) is 5. The van der Waals surface area contributed by atoms with Gasteiger partial charge in [-0.3, -0.25) is 0 Å². The Morgan fingerprint density at radius 3 is 2.78 bits per heavy atom. The van der Waals surface area contributed by atoms with E-state index in [9.17, 15) is 4.39 Å². The van der Waals surface area contributed by atoms with Gasteiger partial charge in [0.15, 0.2) is 23.1 Å². The molecule has 9 heteroatoms. The maximum absolute atomic E-state index is 14.3. The monoisotopic (exact) mass is 333 g/mol. The molecule has 3 N–H and O–H groups in total. The lowest BCUT2D eigenvalue weighted by molar-refractivity contribution is 0.614. The second kappa shape index (κ2) is 5.31. The Labute approximate surface area is 135 Å². The van der Waals surface area contributed by atoms with Crippen LogP contribution < -0.4 is 10.6 Å². The van der Waals surface area contributed by atoms with Crippen LogP contribution in [0.1, 0.15) is 12.8 Å². The van der Waals surface area contributed by atoms with E-state index in [0.717, 1.165) is 25.9 Å². The van der Waals surface area contributed by atoms with Gasteiger partial charge in [-0.1, -0.05) is 11.6 Å². The maximum Gasteiger partial charge on any atom is 0.207 e. The van der Waals surface area contributed by atoms with Gasteiger partial charge in [0.05, 0.1) is 11.8 Å². The Hall–Kier alpha value is -2.48. The normalized spacial score (nSPS) is 14.8. The molecule has 1 saturated heterocycles. The largest absolute Gasteiger partial charge is 0.381 e. The highest BCUT2D eigenvalue weighted by atomic mass is 35.5. The van der Waals surface area contributed by atoms with Crippen LogP contribution in [0.25, 0.3) is 22.6 Å². The molecule has 118 valence electrons. The lowest BCUT2D eigenvalue weighted by Crippen LogP contribution is -2.22. The highest BCUT2D eigenvalue weighted by Gasteiger charge is 2.23. The van der Waals surface area contributed by atoms with Gasteiger partial charge in [-0.15, -0.1) is 0 Å². The first-order valence-corrected chi connectivity index (χ1v) is 7.59. The molecule has 1 aliphatic rings. The second-order valence-corrected chi connectivity index (χ2v) is 5.74. The SMILES string of the molecule is Nc1nc(-c2c[nH]c3ncc(Cl)nc23)nc(N2CCCC2)c1F. The third-order valence-electron chi connectivity index (χ3n) is 3.86. The molecule has 4 heterocycles. The van der Waals surface area contributed by atoms with Crippen molar-refractivity contribution in [2.75, 3.05) is 23.7 Å². The highest BCUT2D eigenvalue weighted by Crippen LogP contribution is 2.30. The molecule has 0 saturated carbocycles. The molecule has 0 atom stereocenters. The molecular formula is C14H13ClFN7. The first kappa shape index (κ1) is 14.1. The number of nitrogens with two attached hydrogens (primary N) is 1. The van der Waals surface area contributed by atoms with E-state index in [4.69, 9.17) is 17.3 Å². The fraction of sp³-hybridized carbons (Fsp3) is 0.286. The summed E-state index contributed by atoms with van der Waals surface area (Å²) in [5, 5.41) is 0.258. The molecule has 4 rings (SSSR count). The predicted molar refractivity (Wildman–Crippen MR) is 85.7 cm³/mol. The van der Waals surface area contributed by atoms with Crippen LogP contribution in [0.5, 0.6) is 0 Å². The Kier molecular flexibility index (Phi) is 3.26. The number of halogens is 2. The average molecular weight is 334 g/mol. The number of hydrogen-bond acceptors (Lipinski definition) is 6. The van der Waals surface area contributed by atoms with Crippen molar-refractivity contribution < 1.29 is 4.39 Å². The van der Waals surface area contributed by atoms with Crippen LogP contribution >= 0.6 is 11.6 Å². The van der Waals surface area contributed by atoms with Crippen LogP contribution in [0.3, 0.4) is 0 Å². The van der Waals surface area contributed by atoms with Gasteiger partial charge in [-0.25, -0.2) is 19.9 Å². The van der Waals surface area contributed by atoms with Gasteiger partial charge in [0.2, 0.25) is 5.82 Å². The summed E-state index contributed by atoms with van der Waals surface area (Å²) in [6.07, 6.45) is 5.13. The zero-order valence-corrected chi connectivity index (χ0v) is 12.8. The van der Waals surface area contributed by atoms with E-state index in [1.165, 1.54) is 6.20 Å². The molecular weight excluding hydrogens is 321 g/mol. The van der Waals surface area contributed by atoms with Crippen LogP contribution in [0.4, 0.5) is 16.0 Å². The van der Waals surface area contributed by atoms with Gasteiger partial charge in [0, 0.05) is 19.3 Å². The van der Waals surface area contributed by atoms with Gasteiger partial charge in [-0.2, -0.15) is 4.39 Å². The molecule has 23 heavy (non-hydrogen) atoms. The summed E-state index contributed by atoms with van der Waals surface area (Å²) in [7, 11) is 0. The molecule has 7 nitrogen and oxygen atoms in total. The van der Waals surface area contributed by atoms with Crippen molar-refractivity contribution in [3.8, 4) is 11.4 Å². The van der Waals surface area contributed by atoms with Crippen LogP contribution in [0.2, 0.25) is 5.15 Å². The number of nitrogen functional groups attached to an aromatic ring is 1. The number of H-pyrrole nitrogens is 1. The molecule has 1 fully saturated rings. The van der Waals surface area contributed by atoms with Crippen molar-refractivity contribution in [2.24, 2.45) is 0 Å². The summed E-state index contributed by atoms with van der Waals surface area (Å²) in [5.74, 6) is -0.233. The van der Waals surface area contributed by atoms with Crippen molar-refractivity contribution in [3.63, 3.8) is 0 Å². The van der Waals surface area contributed by atoms with Gasteiger partial charge < -0.3 is 15.6 Å². The first-order chi connectivity index (χ1) is 11.1. The minimum atomic E-state index is -0.584. The standard InChI is InChI=1S/C14H13ClFN7/c15-8-6-19-13-10(20-8)7(5-18-13)12-21-11(17)9(16)14(22-12)23-3-1-2-4-23/h5-6H,1-4H2,(H,18,19)(H2,17,21,22). The van der Waals surface area contributed by atoms with Gasteiger partial charge in [0.25, 0.3) is 0 Å². The molecule has 0 bridgehead atoms. The molecule has 0 unspecified atom stereocenters.